The summed E-state index contributed by atoms with van der Waals surface area (Å²) in [5.74, 6) is -1.06. The van der Waals surface area contributed by atoms with E-state index in [0.29, 0.717) is 12.0 Å². The molecule has 0 aromatic heterocycles. The lowest BCUT2D eigenvalue weighted by molar-refractivity contribution is -0.150. The van der Waals surface area contributed by atoms with E-state index in [1.54, 1.807) is 0 Å². The highest BCUT2D eigenvalue weighted by Gasteiger charge is 2.22. The average molecular weight is 202 g/mol. The Bertz CT molecular complexity index is 418. The van der Waals surface area contributed by atoms with Crippen molar-refractivity contribution < 1.29 is 14.3 Å². The number of aryl methyl sites for hydroxylation is 1. The fraction of sp³-hybridized carbons (Fsp3) is 0.167. The van der Waals surface area contributed by atoms with Crippen LogP contribution in [0.15, 0.2) is 42.0 Å². The number of rotatable bonds is 3. The third-order valence-corrected chi connectivity index (χ3v) is 2.27. The lowest BCUT2D eigenvalue weighted by atomic mass is 10.1. The van der Waals surface area contributed by atoms with E-state index in [1.165, 1.54) is 6.08 Å². The molecule has 0 radical (unpaired) electrons. The van der Waals surface area contributed by atoms with Crippen LogP contribution in [0.1, 0.15) is 12.0 Å². The van der Waals surface area contributed by atoms with E-state index in [0.717, 1.165) is 12.0 Å². The van der Waals surface area contributed by atoms with Crippen LogP contribution in [-0.2, 0) is 20.7 Å². The Morgan fingerprint density at radius 2 is 1.73 bits per heavy atom. The van der Waals surface area contributed by atoms with Gasteiger partial charge in [-0.3, -0.25) is 0 Å². The molecular weight excluding hydrogens is 192 g/mol. The maximum absolute atomic E-state index is 11.1. The summed E-state index contributed by atoms with van der Waals surface area (Å²) < 4.78 is 4.39. The highest BCUT2D eigenvalue weighted by Crippen LogP contribution is 2.15. The fourth-order valence-corrected chi connectivity index (χ4v) is 1.49. The Hall–Kier alpha value is -1.90. The Labute approximate surface area is 87.4 Å². The predicted molar refractivity (Wildman–Crippen MR) is 53.9 cm³/mol. The van der Waals surface area contributed by atoms with Gasteiger partial charge in [0.25, 0.3) is 0 Å². The first kappa shape index (κ1) is 9.65. The van der Waals surface area contributed by atoms with Gasteiger partial charge in [-0.25, -0.2) is 9.59 Å². The highest BCUT2D eigenvalue weighted by molar-refractivity contribution is 6.08. The normalized spacial score (nSPS) is 15.1. The molecule has 1 aliphatic rings. The second-order valence-electron chi connectivity index (χ2n) is 3.36. The molecule has 0 spiro atoms. The summed E-state index contributed by atoms with van der Waals surface area (Å²) in [7, 11) is 0. The Morgan fingerprint density at radius 1 is 1.00 bits per heavy atom. The van der Waals surface area contributed by atoms with E-state index in [-0.39, 0.29) is 0 Å². The number of cyclic esters (lactones) is 2. The van der Waals surface area contributed by atoms with Crippen molar-refractivity contribution >= 4 is 11.9 Å². The number of hydrogen-bond donors (Lipinski definition) is 0. The number of benzene rings is 1. The molecule has 15 heavy (non-hydrogen) atoms. The van der Waals surface area contributed by atoms with Crippen molar-refractivity contribution in [3.05, 3.63) is 47.5 Å². The van der Waals surface area contributed by atoms with E-state index in [1.807, 2.05) is 30.3 Å². The molecule has 0 atom stereocenters. The van der Waals surface area contributed by atoms with E-state index in [4.69, 9.17) is 0 Å². The van der Waals surface area contributed by atoms with Gasteiger partial charge in [0.15, 0.2) is 0 Å². The SMILES string of the molecule is O=C1C=C(CCc2ccccc2)C(=O)O1. The van der Waals surface area contributed by atoms with Crippen LogP contribution >= 0.6 is 0 Å². The molecule has 76 valence electrons. The summed E-state index contributed by atoms with van der Waals surface area (Å²) in [5, 5.41) is 0. The molecule has 0 amide bonds. The minimum absolute atomic E-state index is 0.462. The number of hydrogen-bond acceptors (Lipinski definition) is 3. The first-order chi connectivity index (χ1) is 7.25. The first-order valence-corrected chi connectivity index (χ1v) is 4.76. The van der Waals surface area contributed by atoms with Crippen LogP contribution in [0.3, 0.4) is 0 Å². The van der Waals surface area contributed by atoms with Gasteiger partial charge in [0.1, 0.15) is 0 Å². The number of ether oxygens (including phenoxy) is 1. The van der Waals surface area contributed by atoms with Gasteiger partial charge in [0.2, 0.25) is 0 Å². The van der Waals surface area contributed by atoms with Crippen molar-refractivity contribution in [2.24, 2.45) is 0 Å². The first-order valence-electron chi connectivity index (χ1n) is 4.76. The van der Waals surface area contributed by atoms with Gasteiger partial charge in [-0.1, -0.05) is 30.3 Å². The topological polar surface area (TPSA) is 43.4 Å². The molecule has 0 unspecified atom stereocenters. The van der Waals surface area contributed by atoms with Crippen molar-refractivity contribution in [1.29, 1.82) is 0 Å². The van der Waals surface area contributed by atoms with Crippen molar-refractivity contribution in [1.82, 2.24) is 0 Å². The second kappa shape index (κ2) is 4.09. The molecule has 0 bridgehead atoms. The smallest absolute Gasteiger partial charge is 0.342 e. The van der Waals surface area contributed by atoms with Crippen molar-refractivity contribution in [2.75, 3.05) is 0 Å². The van der Waals surface area contributed by atoms with Gasteiger partial charge in [0.05, 0.1) is 0 Å². The lowest BCUT2D eigenvalue weighted by Crippen LogP contribution is -2.02. The van der Waals surface area contributed by atoms with Gasteiger partial charge >= 0.3 is 11.9 Å². The summed E-state index contributed by atoms with van der Waals surface area (Å²) in [5.41, 5.74) is 1.61. The standard InChI is InChI=1S/C12H10O3/c13-11-8-10(12(14)15-11)7-6-9-4-2-1-3-5-9/h1-5,8H,6-7H2. The molecule has 0 fully saturated rings. The third kappa shape index (κ3) is 2.31. The maximum Gasteiger partial charge on any atom is 0.342 e. The molecule has 0 N–H and O–H groups in total. The monoisotopic (exact) mass is 202 g/mol. The number of carbonyl (C=O) groups is 2. The van der Waals surface area contributed by atoms with E-state index < -0.39 is 11.9 Å². The molecule has 1 heterocycles. The summed E-state index contributed by atoms with van der Waals surface area (Å²) >= 11 is 0. The number of esters is 2. The van der Waals surface area contributed by atoms with Crippen LogP contribution in [-0.4, -0.2) is 11.9 Å². The van der Waals surface area contributed by atoms with Crippen molar-refractivity contribution in [2.45, 2.75) is 12.8 Å². The molecular formula is C12H10O3. The Morgan fingerprint density at radius 3 is 2.33 bits per heavy atom. The van der Waals surface area contributed by atoms with Crippen LogP contribution < -0.4 is 0 Å². The van der Waals surface area contributed by atoms with Crippen LogP contribution in [0.25, 0.3) is 0 Å². The van der Waals surface area contributed by atoms with Gasteiger partial charge in [-0.2, -0.15) is 0 Å². The Balaban J connectivity index is 1.97. The zero-order valence-electron chi connectivity index (χ0n) is 8.10. The van der Waals surface area contributed by atoms with Crippen LogP contribution in [0.5, 0.6) is 0 Å². The molecule has 2 rings (SSSR count). The molecule has 3 nitrogen and oxygen atoms in total. The zero-order chi connectivity index (χ0) is 10.7. The molecule has 3 heteroatoms. The van der Waals surface area contributed by atoms with E-state index >= 15 is 0 Å². The summed E-state index contributed by atoms with van der Waals surface area (Å²) in [6.45, 7) is 0. The average Bonchev–Trinajstić information content (AvgIpc) is 2.56. The van der Waals surface area contributed by atoms with Gasteiger partial charge in [-0.05, 0) is 18.4 Å². The second-order valence-corrected chi connectivity index (χ2v) is 3.36. The molecule has 1 aromatic carbocycles. The molecule has 0 saturated carbocycles. The van der Waals surface area contributed by atoms with Gasteiger partial charge < -0.3 is 4.74 Å². The summed E-state index contributed by atoms with van der Waals surface area (Å²) in [6, 6.07) is 9.81. The minimum atomic E-state index is -0.553. The van der Waals surface area contributed by atoms with Crippen molar-refractivity contribution in [3.63, 3.8) is 0 Å². The largest absolute Gasteiger partial charge is 0.386 e. The molecule has 1 aromatic rings. The quantitative estimate of drug-likeness (QED) is 0.552. The Kier molecular flexibility index (Phi) is 2.63. The van der Waals surface area contributed by atoms with E-state index in [2.05, 4.69) is 4.74 Å². The fourth-order valence-electron chi connectivity index (χ4n) is 1.49. The lowest BCUT2D eigenvalue weighted by Gasteiger charge is -1.99. The van der Waals surface area contributed by atoms with Gasteiger partial charge in [-0.15, -0.1) is 0 Å². The highest BCUT2D eigenvalue weighted by atomic mass is 16.6. The zero-order valence-corrected chi connectivity index (χ0v) is 8.10. The van der Waals surface area contributed by atoms with Crippen LogP contribution in [0, 0.1) is 0 Å². The van der Waals surface area contributed by atoms with E-state index in [9.17, 15) is 9.59 Å². The predicted octanol–water partition coefficient (Wildman–Crippen LogP) is 1.63. The maximum atomic E-state index is 11.1. The molecule has 1 aliphatic heterocycles. The summed E-state index contributed by atoms with van der Waals surface area (Å²) in [4.78, 5) is 21.9. The number of carbonyl (C=O) groups excluding carboxylic acids is 2. The third-order valence-electron chi connectivity index (χ3n) is 2.27. The van der Waals surface area contributed by atoms with Crippen LogP contribution in [0.2, 0.25) is 0 Å². The van der Waals surface area contributed by atoms with Gasteiger partial charge in [0, 0.05) is 11.6 Å². The molecule has 0 aliphatic carbocycles. The van der Waals surface area contributed by atoms with Crippen LogP contribution in [0.4, 0.5) is 0 Å². The molecule has 0 saturated heterocycles. The minimum Gasteiger partial charge on any atom is -0.386 e. The van der Waals surface area contributed by atoms with Crippen molar-refractivity contribution in [3.8, 4) is 0 Å². The summed E-state index contributed by atoms with van der Waals surface area (Å²) in [6.07, 6.45) is 2.56.